The summed E-state index contributed by atoms with van der Waals surface area (Å²) in [4.78, 5) is 19.7. The molecule has 0 radical (unpaired) electrons. The van der Waals surface area contributed by atoms with Gasteiger partial charge in [0.1, 0.15) is 5.76 Å². The number of aromatic amines is 2. The minimum atomic E-state index is -3.11. The van der Waals surface area contributed by atoms with E-state index < -0.39 is 13.3 Å². The molecule has 2 N–H and O–H groups in total. The summed E-state index contributed by atoms with van der Waals surface area (Å²) in [5.74, 6) is -0.677. The van der Waals surface area contributed by atoms with E-state index in [2.05, 4.69) is 52.4 Å². The van der Waals surface area contributed by atoms with E-state index in [4.69, 9.17) is 4.65 Å². The average molecular weight is 548 g/mol. The molecule has 0 unspecified atom stereocenters. The van der Waals surface area contributed by atoms with Gasteiger partial charge >= 0.3 is 7.47 Å². The molecule has 0 fully saturated rings. The van der Waals surface area contributed by atoms with Crippen LogP contribution in [0.2, 0.25) is 0 Å². The fourth-order valence-electron chi connectivity index (χ4n) is 6.89. The second kappa shape index (κ2) is 8.30. The smallest absolute Gasteiger partial charge is 0.503 e. The molecule has 0 amide bonds. The minimum absolute atomic E-state index is 0.211. The Kier molecular flexibility index (Phi) is 4.60. The maximum Gasteiger partial charge on any atom is 0.796 e. The summed E-state index contributed by atoms with van der Waals surface area (Å²) in [5.41, 5.74) is 2.30. The number of aromatic nitrogens is 2. The van der Waals surface area contributed by atoms with Crippen molar-refractivity contribution in [2.45, 2.75) is 0 Å². The third kappa shape index (κ3) is 3.08. The second-order valence-corrected chi connectivity index (χ2v) is 10.8. The van der Waals surface area contributed by atoms with Crippen LogP contribution in [0, 0.1) is 0 Å². The number of nitrogens with one attached hydrogen (secondary N) is 2. The predicted octanol–water partition coefficient (Wildman–Crippen LogP) is 9.41. The van der Waals surface area contributed by atoms with Gasteiger partial charge in [0.25, 0.3) is 0 Å². The molecule has 0 saturated carbocycles. The lowest BCUT2D eigenvalue weighted by molar-refractivity contribution is 0.104. The van der Waals surface area contributed by atoms with Crippen molar-refractivity contribution in [3.63, 3.8) is 0 Å². The second-order valence-electron chi connectivity index (χ2n) is 10.8. The van der Waals surface area contributed by atoms with Crippen LogP contribution >= 0.6 is 0 Å². The molecule has 4 nitrogen and oxygen atoms in total. The Balaban J connectivity index is 1.29. The number of H-pyrrole nitrogens is 2. The van der Waals surface area contributed by atoms with Gasteiger partial charge in [-0.05, 0) is 71.6 Å². The maximum atomic E-state index is 13.8. The molecule has 7 heteroatoms. The molecule has 198 valence electrons. The average Bonchev–Trinajstić information content (AvgIpc) is 3.76. The molecule has 2 aromatic heterocycles. The lowest BCUT2D eigenvalue weighted by Crippen LogP contribution is -2.07. The van der Waals surface area contributed by atoms with Crippen LogP contribution < -0.4 is 0 Å². The first-order valence-corrected chi connectivity index (χ1v) is 13.7. The Morgan fingerprint density at radius 3 is 1.98 bits per heavy atom. The summed E-state index contributed by atoms with van der Waals surface area (Å²) in [7, 11) is -3.11. The predicted molar refractivity (Wildman–Crippen MR) is 167 cm³/mol. The Labute approximate surface area is 237 Å². The van der Waals surface area contributed by atoms with E-state index in [1.54, 1.807) is 12.1 Å². The van der Waals surface area contributed by atoms with Crippen LogP contribution in [-0.4, -0.2) is 23.2 Å². The van der Waals surface area contributed by atoms with E-state index >= 15 is 0 Å². The fraction of sp³-hybridized carbons (Fsp3) is 0. The molecule has 9 aromatic rings. The third-order valence-corrected chi connectivity index (χ3v) is 8.60. The topological polar surface area (TPSA) is 57.9 Å². The molecule has 0 bridgehead atoms. The van der Waals surface area contributed by atoms with Crippen molar-refractivity contribution in [3.05, 3.63) is 115 Å². The van der Waals surface area contributed by atoms with Crippen LogP contribution in [0.1, 0.15) is 16.2 Å². The number of hydrogen-bond acceptors (Lipinski definition) is 2. The number of carbonyl (C=O) groups excluding carboxylic acids is 1. The highest BCUT2D eigenvalue weighted by atomic mass is 19.2. The quantitative estimate of drug-likeness (QED) is 0.0715. The molecule has 0 saturated heterocycles. The summed E-state index contributed by atoms with van der Waals surface area (Å²) in [5, 5.41) is 13.0. The lowest BCUT2D eigenvalue weighted by atomic mass is 9.94. The Hall–Kier alpha value is -5.43. The molecule has 0 aliphatic heterocycles. The minimum Gasteiger partial charge on any atom is -0.503 e. The van der Waals surface area contributed by atoms with Gasteiger partial charge in [0, 0.05) is 28.7 Å². The molecule has 42 heavy (non-hydrogen) atoms. The zero-order valence-electron chi connectivity index (χ0n) is 22.0. The van der Waals surface area contributed by atoms with Crippen molar-refractivity contribution < 1.29 is 18.1 Å². The van der Waals surface area contributed by atoms with E-state index in [0.29, 0.717) is 5.69 Å². The monoisotopic (exact) mass is 548 g/mol. The number of carbonyl (C=O) groups is 1. The van der Waals surface area contributed by atoms with Crippen molar-refractivity contribution in [1.82, 2.24) is 9.97 Å². The summed E-state index contributed by atoms with van der Waals surface area (Å²) in [6.45, 7) is 0. The maximum absolute atomic E-state index is 13.8. The van der Waals surface area contributed by atoms with E-state index in [-0.39, 0.29) is 11.5 Å². The van der Waals surface area contributed by atoms with E-state index in [1.807, 2.05) is 42.6 Å². The van der Waals surface area contributed by atoms with Crippen molar-refractivity contribution in [2.75, 3.05) is 0 Å². The van der Waals surface area contributed by atoms with E-state index in [9.17, 15) is 13.4 Å². The van der Waals surface area contributed by atoms with Crippen molar-refractivity contribution in [1.29, 1.82) is 0 Å². The van der Waals surface area contributed by atoms with Crippen molar-refractivity contribution in [2.24, 2.45) is 0 Å². The van der Waals surface area contributed by atoms with Gasteiger partial charge in [-0.2, -0.15) is 0 Å². The van der Waals surface area contributed by atoms with Crippen LogP contribution in [0.5, 0.6) is 0 Å². The van der Waals surface area contributed by atoms with Crippen LogP contribution in [0.3, 0.4) is 0 Å². The van der Waals surface area contributed by atoms with Crippen LogP contribution in [-0.2, 0) is 4.65 Å². The van der Waals surface area contributed by atoms with Gasteiger partial charge in [-0.25, -0.2) is 8.63 Å². The van der Waals surface area contributed by atoms with Crippen LogP contribution in [0.25, 0.3) is 81.7 Å². The molecule has 0 aliphatic rings. The van der Waals surface area contributed by atoms with Gasteiger partial charge in [0.05, 0.1) is 11.4 Å². The van der Waals surface area contributed by atoms with E-state index in [0.717, 1.165) is 49.7 Å². The normalized spacial score (nSPS) is 12.8. The van der Waals surface area contributed by atoms with Gasteiger partial charge in [0.15, 0.2) is 0 Å². The third-order valence-electron chi connectivity index (χ3n) is 8.60. The first-order chi connectivity index (χ1) is 20.6. The molecule has 7 aromatic carbocycles. The van der Waals surface area contributed by atoms with E-state index in [1.165, 1.54) is 32.3 Å². The first-order valence-electron chi connectivity index (χ1n) is 13.7. The summed E-state index contributed by atoms with van der Waals surface area (Å²) in [6, 6.07) is 30.0. The van der Waals surface area contributed by atoms with Crippen LogP contribution in [0.15, 0.2) is 103 Å². The van der Waals surface area contributed by atoms with Crippen molar-refractivity contribution >= 4 is 83.6 Å². The zero-order valence-corrected chi connectivity index (χ0v) is 22.0. The highest BCUT2D eigenvalue weighted by Crippen LogP contribution is 2.51. The Morgan fingerprint density at radius 1 is 0.667 bits per heavy atom. The van der Waals surface area contributed by atoms with Gasteiger partial charge in [-0.15, -0.1) is 0 Å². The zero-order chi connectivity index (χ0) is 28.1. The number of hydrogen-bond donors (Lipinski definition) is 2. The molecule has 9 rings (SSSR count). The molecule has 0 atom stereocenters. The van der Waals surface area contributed by atoms with Gasteiger partial charge in [0.2, 0.25) is 5.78 Å². The number of ketones is 1. The summed E-state index contributed by atoms with van der Waals surface area (Å²) in [6.07, 6.45) is 2.97. The summed E-state index contributed by atoms with van der Waals surface area (Å²) >= 11 is 0. The lowest BCUT2D eigenvalue weighted by Gasteiger charge is -2.11. The number of allylic oxidation sites excluding steroid dienone is 1. The fourth-order valence-corrected chi connectivity index (χ4v) is 6.89. The number of benzene rings is 6. The molecule has 0 aliphatic carbocycles. The molecular formula is C35H19BF2N2O2. The largest absolute Gasteiger partial charge is 0.796 e. The molecular weight excluding hydrogens is 529 g/mol. The SMILES string of the molecule is O=C(/C=C(/OB(F)F)c1[nH]cc2c3ccc4ccc5ccc6ccc(c12)c1c6c5c4c31)c1ccc(-c2ccccc2)[nH]1. The number of halogens is 2. The Morgan fingerprint density at radius 2 is 1.29 bits per heavy atom. The van der Waals surface area contributed by atoms with Crippen molar-refractivity contribution in [3.8, 4) is 11.3 Å². The van der Waals surface area contributed by atoms with Gasteiger partial charge in [-0.3, -0.25) is 4.79 Å². The number of fused-ring (bicyclic) bond motifs is 3. The highest BCUT2D eigenvalue weighted by Gasteiger charge is 2.27. The standard InChI is InChI=1S/C35H19BF2N2O2/c37-36(38)42-28(16-27(41)26-15-14-25(40-26)18-4-2-1-3-5-18)35-32-23-13-11-21-9-7-19-6-8-20-10-12-22(24(32)17-39-35)33-30(20)29(19)31(21)34(23)33/h1-17,39-40H/b28-16+. The Bertz CT molecular complexity index is 2490. The highest BCUT2D eigenvalue weighted by molar-refractivity contribution is 6.48. The first kappa shape index (κ1) is 23.3. The van der Waals surface area contributed by atoms with Gasteiger partial charge < -0.3 is 14.6 Å². The van der Waals surface area contributed by atoms with Crippen LogP contribution in [0.4, 0.5) is 8.63 Å². The summed E-state index contributed by atoms with van der Waals surface area (Å²) < 4.78 is 32.7. The molecule has 2 heterocycles. The number of rotatable bonds is 6. The van der Waals surface area contributed by atoms with Gasteiger partial charge in [-0.1, -0.05) is 78.9 Å². The molecule has 0 spiro atoms.